The van der Waals surface area contributed by atoms with Gasteiger partial charge in [-0.2, -0.15) is 0 Å². The van der Waals surface area contributed by atoms with Crippen LogP contribution in [0.1, 0.15) is 54.9 Å². The van der Waals surface area contributed by atoms with Crippen LogP contribution in [0.3, 0.4) is 0 Å². The smallest absolute Gasteiger partial charge is 0.264 e. The number of carbonyl (C=O) groups is 2. The van der Waals surface area contributed by atoms with Crippen LogP contribution < -0.4 is 14.4 Å². The molecule has 2 amide bonds. The summed E-state index contributed by atoms with van der Waals surface area (Å²) in [7, 11) is -4.24. The van der Waals surface area contributed by atoms with E-state index in [4.69, 9.17) is 4.74 Å². The lowest BCUT2D eigenvalue weighted by Gasteiger charge is -2.34. The minimum Gasteiger partial charge on any atom is -0.492 e. The van der Waals surface area contributed by atoms with Gasteiger partial charge in [-0.25, -0.2) is 8.42 Å². The predicted molar refractivity (Wildman–Crippen MR) is 189 cm³/mol. The Bertz CT molecular complexity index is 1790. The topological polar surface area (TPSA) is 96.0 Å². The summed E-state index contributed by atoms with van der Waals surface area (Å²) in [4.78, 5) is 30.6. The van der Waals surface area contributed by atoms with Gasteiger partial charge in [0, 0.05) is 19.0 Å². The van der Waals surface area contributed by atoms with Gasteiger partial charge in [-0.3, -0.25) is 13.9 Å². The van der Waals surface area contributed by atoms with Crippen LogP contribution >= 0.6 is 0 Å². The van der Waals surface area contributed by atoms with Gasteiger partial charge in [0.15, 0.2) is 0 Å². The summed E-state index contributed by atoms with van der Waals surface area (Å²) in [5.74, 6) is -0.399. The standard InChI is InChI=1S/C39H45N3O5S/c1-4-47-37-20-11-10-19-35(37)42(48(45,46)34-23-21-29(2)22-24-34)28-38(43)41(27-32-16-12-13-30(3)25-32)36(26-31-14-6-5-7-15-31)39(44)40-33-17-8-9-18-33/h5-7,10-16,19-25,33,36H,4,8-9,17-18,26-28H2,1-3H3,(H,40,44). The van der Waals surface area contributed by atoms with Crippen LogP contribution in [-0.2, 0) is 32.6 Å². The molecule has 252 valence electrons. The molecule has 0 radical (unpaired) electrons. The lowest BCUT2D eigenvalue weighted by molar-refractivity contribution is -0.140. The number of para-hydroxylation sites is 2. The number of anilines is 1. The summed E-state index contributed by atoms with van der Waals surface area (Å²) in [5.41, 5.74) is 3.92. The zero-order valence-corrected chi connectivity index (χ0v) is 28.8. The number of nitrogens with one attached hydrogen (secondary N) is 1. The van der Waals surface area contributed by atoms with E-state index in [0.717, 1.165) is 52.2 Å². The zero-order valence-electron chi connectivity index (χ0n) is 28.0. The molecular formula is C39H45N3O5S. The van der Waals surface area contributed by atoms with Crippen LogP contribution in [0.2, 0.25) is 0 Å². The number of benzene rings is 4. The predicted octanol–water partition coefficient (Wildman–Crippen LogP) is 6.60. The molecule has 0 spiro atoms. The molecule has 1 aliphatic carbocycles. The van der Waals surface area contributed by atoms with Crippen molar-refractivity contribution < 1.29 is 22.7 Å². The first-order valence-corrected chi connectivity index (χ1v) is 18.1. The molecule has 4 aromatic carbocycles. The molecule has 5 rings (SSSR count). The van der Waals surface area contributed by atoms with Crippen LogP contribution in [0.25, 0.3) is 0 Å². The average Bonchev–Trinajstić information content (AvgIpc) is 3.59. The second-order valence-electron chi connectivity index (χ2n) is 12.4. The summed E-state index contributed by atoms with van der Waals surface area (Å²) in [6.07, 6.45) is 4.16. The summed E-state index contributed by atoms with van der Waals surface area (Å²) in [6.45, 7) is 5.58. The van der Waals surface area contributed by atoms with E-state index >= 15 is 0 Å². The van der Waals surface area contributed by atoms with Crippen molar-refractivity contribution in [1.29, 1.82) is 0 Å². The highest BCUT2D eigenvalue weighted by atomic mass is 32.2. The minimum atomic E-state index is -4.24. The average molecular weight is 668 g/mol. The number of aryl methyl sites for hydroxylation is 2. The molecule has 1 atom stereocenters. The maximum Gasteiger partial charge on any atom is 0.264 e. The van der Waals surface area contributed by atoms with Crippen LogP contribution in [0.5, 0.6) is 5.75 Å². The number of hydrogen-bond acceptors (Lipinski definition) is 5. The highest BCUT2D eigenvalue weighted by Gasteiger charge is 2.36. The molecule has 1 saturated carbocycles. The lowest BCUT2D eigenvalue weighted by atomic mass is 10.0. The van der Waals surface area contributed by atoms with E-state index in [1.165, 1.54) is 0 Å². The fraction of sp³-hybridized carbons (Fsp3) is 0.333. The SMILES string of the molecule is CCOc1ccccc1N(CC(=O)N(Cc1cccc(C)c1)C(Cc1ccccc1)C(=O)NC1CCCC1)S(=O)(=O)c1ccc(C)cc1. The number of hydrogen-bond donors (Lipinski definition) is 1. The number of rotatable bonds is 14. The van der Waals surface area contributed by atoms with E-state index in [9.17, 15) is 18.0 Å². The third-order valence-corrected chi connectivity index (χ3v) is 10.5. The third kappa shape index (κ3) is 8.63. The van der Waals surface area contributed by atoms with E-state index in [-0.39, 0.29) is 35.5 Å². The van der Waals surface area contributed by atoms with Gasteiger partial charge in [-0.15, -0.1) is 0 Å². The first kappa shape index (κ1) is 34.7. The van der Waals surface area contributed by atoms with Crippen molar-refractivity contribution in [2.45, 2.75) is 76.4 Å². The largest absolute Gasteiger partial charge is 0.492 e. The van der Waals surface area contributed by atoms with E-state index < -0.39 is 28.5 Å². The third-order valence-electron chi connectivity index (χ3n) is 8.73. The molecule has 0 aromatic heterocycles. The normalized spacial score (nSPS) is 13.9. The summed E-state index contributed by atoms with van der Waals surface area (Å²) >= 11 is 0. The van der Waals surface area contributed by atoms with Crippen molar-refractivity contribution in [1.82, 2.24) is 10.2 Å². The molecule has 1 aliphatic rings. The van der Waals surface area contributed by atoms with Gasteiger partial charge in [0.25, 0.3) is 10.0 Å². The maximum atomic E-state index is 14.8. The Balaban J connectivity index is 1.59. The molecule has 4 aromatic rings. The van der Waals surface area contributed by atoms with Crippen molar-refractivity contribution >= 4 is 27.5 Å². The minimum absolute atomic E-state index is 0.0446. The second-order valence-corrected chi connectivity index (χ2v) is 14.3. The second kappa shape index (κ2) is 16.0. The molecule has 1 N–H and O–H groups in total. The number of nitrogens with zero attached hydrogens (tertiary/aromatic N) is 2. The van der Waals surface area contributed by atoms with Gasteiger partial charge in [0.2, 0.25) is 11.8 Å². The Morgan fingerprint density at radius 3 is 2.19 bits per heavy atom. The fourth-order valence-corrected chi connectivity index (χ4v) is 7.64. The van der Waals surface area contributed by atoms with Crippen molar-refractivity contribution in [2.75, 3.05) is 17.5 Å². The molecule has 0 heterocycles. The molecule has 0 bridgehead atoms. The Morgan fingerprint density at radius 2 is 1.50 bits per heavy atom. The molecule has 0 aliphatic heterocycles. The van der Waals surface area contributed by atoms with E-state index in [0.29, 0.717) is 12.4 Å². The van der Waals surface area contributed by atoms with Crippen LogP contribution in [-0.4, -0.2) is 50.4 Å². The van der Waals surface area contributed by atoms with Crippen molar-refractivity contribution in [3.05, 3.63) is 125 Å². The number of amides is 2. The monoisotopic (exact) mass is 667 g/mol. The molecular weight excluding hydrogens is 623 g/mol. The molecule has 0 saturated heterocycles. The first-order valence-electron chi connectivity index (χ1n) is 16.7. The lowest BCUT2D eigenvalue weighted by Crippen LogP contribution is -2.54. The molecule has 9 heteroatoms. The highest BCUT2D eigenvalue weighted by Crippen LogP contribution is 2.33. The van der Waals surface area contributed by atoms with Crippen molar-refractivity contribution in [2.24, 2.45) is 0 Å². The molecule has 1 unspecified atom stereocenters. The van der Waals surface area contributed by atoms with Gasteiger partial charge in [-0.05, 0) is 69.0 Å². The van der Waals surface area contributed by atoms with Crippen molar-refractivity contribution in [3.63, 3.8) is 0 Å². The molecule has 8 nitrogen and oxygen atoms in total. The van der Waals surface area contributed by atoms with Crippen molar-refractivity contribution in [3.8, 4) is 5.75 Å². The van der Waals surface area contributed by atoms with E-state index in [2.05, 4.69) is 5.32 Å². The van der Waals surface area contributed by atoms with Crippen LogP contribution in [0.15, 0.2) is 108 Å². The Labute approximate surface area is 284 Å². The van der Waals surface area contributed by atoms with Crippen LogP contribution in [0, 0.1) is 13.8 Å². The van der Waals surface area contributed by atoms with Gasteiger partial charge in [-0.1, -0.05) is 103 Å². The maximum absolute atomic E-state index is 14.8. The number of ether oxygens (including phenoxy) is 1. The Kier molecular flexibility index (Phi) is 11.5. The van der Waals surface area contributed by atoms with Gasteiger partial charge in [0.1, 0.15) is 18.3 Å². The van der Waals surface area contributed by atoms with E-state index in [1.807, 2.05) is 75.4 Å². The van der Waals surface area contributed by atoms with E-state index in [1.54, 1.807) is 53.4 Å². The Morgan fingerprint density at radius 1 is 0.833 bits per heavy atom. The van der Waals surface area contributed by atoms with Gasteiger partial charge < -0.3 is 15.0 Å². The molecule has 1 fully saturated rings. The number of carbonyl (C=O) groups excluding carboxylic acids is 2. The summed E-state index contributed by atoms with van der Waals surface area (Å²) in [6, 6.07) is 30.0. The fourth-order valence-electron chi connectivity index (χ4n) is 6.22. The zero-order chi connectivity index (χ0) is 34.1. The first-order chi connectivity index (χ1) is 23.2. The van der Waals surface area contributed by atoms with Gasteiger partial charge >= 0.3 is 0 Å². The Hall–Kier alpha value is -4.63. The quantitative estimate of drug-likeness (QED) is 0.164. The summed E-state index contributed by atoms with van der Waals surface area (Å²) < 4.78 is 35.8. The molecule has 48 heavy (non-hydrogen) atoms. The van der Waals surface area contributed by atoms with Gasteiger partial charge in [0.05, 0.1) is 17.2 Å². The number of sulfonamides is 1. The van der Waals surface area contributed by atoms with Crippen LogP contribution in [0.4, 0.5) is 5.69 Å². The highest BCUT2D eigenvalue weighted by molar-refractivity contribution is 7.92. The summed E-state index contributed by atoms with van der Waals surface area (Å²) in [5, 5.41) is 3.22.